The van der Waals surface area contributed by atoms with Gasteiger partial charge in [-0.1, -0.05) is 6.92 Å². The summed E-state index contributed by atoms with van der Waals surface area (Å²) in [5.41, 5.74) is 7.37. The van der Waals surface area contributed by atoms with Crippen molar-refractivity contribution in [3.05, 3.63) is 24.1 Å². The van der Waals surface area contributed by atoms with Gasteiger partial charge in [0.25, 0.3) is 0 Å². The summed E-state index contributed by atoms with van der Waals surface area (Å²) in [5, 5.41) is 2.82. The van der Waals surface area contributed by atoms with Gasteiger partial charge in [-0.2, -0.15) is 0 Å². The number of nitrogens with zero attached hydrogens (tertiary/aromatic N) is 1. The van der Waals surface area contributed by atoms with Gasteiger partial charge in [0, 0.05) is 12.1 Å². The summed E-state index contributed by atoms with van der Waals surface area (Å²) >= 11 is 0. The molecule has 2 aromatic rings. The van der Waals surface area contributed by atoms with Gasteiger partial charge in [-0.25, -0.2) is 4.98 Å². The molecule has 1 amide bonds. The maximum absolute atomic E-state index is 11.8. The number of nitrogens with one attached hydrogen (secondary N) is 1. The third-order valence-corrected chi connectivity index (χ3v) is 3.23. The molecule has 3 rings (SSSR count). The number of aromatic nitrogens is 1. The van der Waals surface area contributed by atoms with Gasteiger partial charge in [0.1, 0.15) is 5.52 Å². The smallest absolute Gasteiger partial charge is 0.244 e. The number of fused-ring (bicyclic) bond motifs is 1. The third kappa shape index (κ3) is 1.86. The first-order valence-electron chi connectivity index (χ1n) is 6.10. The summed E-state index contributed by atoms with van der Waals surface area (Å²) in [5.74, 6) is 0.576. The van der Waals surface area contributed by atoms with E-state index >= 15 is 0 Å². The fraction of sp³-hybridized carbons (Fsp3) is 0.385. The molecule has 1 saturated carbocycles. The molecule has 18 heavy (non-hydrogen) atoms. The quantitative estimate of drug-likeness (QED) is 0.864. The average Bonchev–Trinajstić information content (AvgIpc) is 2.98. The normalized spacial score (nSPS) is 16.8. The Morgan fingerprint density at radius 3 is 3.00 bits per heavy atom. The van der Waals surface area contributed by atoms with Crippen LogP contribution in [0.2, 0.25) is 0 Å². The minimum absolute atomic E-state index is 0.124. The monoisotopic (exact) mass is 245 g/mol. The second-order valence-corrected chi connectivity index (χ2v) is 4.75. The predicted octanol–water partition coefficient (Wildman–Crippen LogP) is 1.82. The zero-order valence-electron chi connectivity index (χ0n) is 10.2. The van der Waals surface area contributed by atoms with Crippen LogP contribution in [0.25, 0.3) is 11.1 Å². The van der Waals surface area contributed by atoms with Crippen LogP contribution in [-0.2, 0) is 11.2 Å². The van der Waals surface area contributed by atoms with E-state index in [0.29, 0.717) is 11.6 Å². The van der Waals surface area contributed by atoms with E-state index in [-0.39, 0.29) is 5.91 Å². The summed E-state index contributed by atoms with van der Waals surface area (Å²) < 4.78 is 5.51. The Morgan fingerprint density at radius 1 is 1.56 bits per heavy atom. The van der Waals surface area contributed by atoms with Crippen molar-refractivity contribution in [2.24, 2.45) is 5.73 Å². The standard InChI is InChI=1S/C13H15N3O2/c1-2-11-16-9-7-8(3-4-10(9)18-11)15-12(17)13(14)5-6-13/h3-4,7H,2,5-6,14H2,1H3,(H,15,17). The van der Waals surface area contributed by atoms with Crippen LogP contribution >= 0.6 is 0 Å². The van der Waals surface area contributed by atoms with Crippen LogP contribution in [0, 0.1) is 0 Å². The van der Waals surface area contributed by atoms with Gasteiger partial charge in [0.15, 0.2) is 11.5 Å². The lowest BCUT2D eigenvalue weighted by Gasteiger charge is -2.09. The molecule has 0 aliphatic heterocycles. The first kappa shape index (κ1) is 11.2. The molecule has 1 aromatic heterocycles. The maximum Gasteiger partial charge on any atom is 0.244 e. The Bertz CT molecular complexity index is 614. The summed E-state index contributed by atoms with van der Waals surface area (Å²) in [7, 11) is 0. The number of amides is 1. The lowest BCUT2D eigenvalue weighted by atomic mass is 10.2. The number of hydrogen-bond donors (Lipinski definition) is 2. The minimum Gasteiger partial charge on any atom is -0.441 e. The number of aryl methyl sites for hydroxylation is 1. The fourth-order valence-corrected chi connectivity index (χ4v) is 1.82. The highest BCUT2D eigenvalue weighted by Crippen LogP contribution is 2.33. The van der Waals surface area contributed by atoms with Crippen LogP contribution in [-0.4, -0.2) is 16.4 Å². The Labute approximate surface area is 104 Å². The van der Waals surface area contributed by atoms with Crippen molar-refractivity contribution in [3.8, 4) is 0 Å². The summed E-state index contributed by atoms with van der Waals surface area (Å²) in [6, 6.07) is 5.42. The molecule has 1 aliphatic carbocycles. The lowest BCUT2D eigenvalue weighted by molar-refractivity contribution is -0.118. The maximum atomic E-state index is 11.8. The highest BCUT2D eigenvalue weighted by molar-refractivity contribution is 6.00. The van der Waals surface area contributed by atoms with Gasteiger partial charge in [-0.3, -0.25) is 4.79 Å². The van der Waals surface area contributed by atoms with E-state index in [9.17, 15) is 4.79 Å². The van der Waals surface area contributed by atoms with Crippen LogP contribution in [0.15, 0.2) is 22.6 Å². The van der Waals surface area contributed by atoms with E-state index in [1.54, 1.807) is 6.07 Å². The largest absolute Gasteiger partial charge is 0.441 e. The number of carbonyl (C=O) groups is 1. The number of anilines is 1. The van der Waals surface area contributed by atoms with Crippen molar-refractivity contribution >= 4 is 22.7 Å². The SMILES string of the molecule is CCc1nc2cc(NC(=O)C3(N)CC3)ccc2o1. The molecule has 1 aliphatic rings. The van der Waals surface area contributed by atoms with Crippen LogP contribution in [0.5, 0.6) is 0 Å². The molecule has 5 nitrogen and oxygen atoms in total. The Morgan fingerprint density at radius 2 is 2.33 bits per heavy atom. The predicted molar refractivity (Wildman–Crippen MR) is 68.2 cm³/mol. The molecule has 0 radical (unpaired) electrons. The summed E-state index contributed by atoms with van der Waals surface area (Å²) in [6.45, 7) is 1.98. The van der Waals surface area contributed by atoms with Crippen LogP contribution in [0.3, 0.4) is 0 Å². The van der Waals surface area contributed by atoms with Crippen LogP contribution in [0.1, 0.15) is 25.7 Å². The highest BCUT2D eigenvalue weighted by Gasteiger charge is 2.45. The molecule has 0 unspecified atom stereocenters. The summed E-state index contributed by atoms with van der Waals surface area (Å²) in [4.78, 5) is 16.1. The van der Waals surface area contributed by atoms with Crippen LogP contribution < -0.4 is 11.1 Å². The molecule has 3 N–H and O–H groups in total. The highest BCUT2D eigenvalue weighted by atomic mass is 16.3. The molecule has 1 aromatic carbocycles. The van der Waals surface area contributed by atoms with E-state index in [4.69, 9.17) is 10.2 Å². The number of oxazole rings is 1. The van der Waals surface area contributed by atoms with Gasteiger partial charge in [0.05, 0.1) is 5.54 Å². The first-order valence-corrected chi connectivity index (χ1v) is 6.10. The minimum atomic E-state index is -0.659. The van der Waals surface area contributed by atoms with Crippen molar-refractivity contribution in [1.29, 1.82) is 0 Å². The van der Waals surface area contributed by atoms with Gasteiger partial charge in [-0.15, -0.1) is 0 Å². The van der Waals surface area contributed by atoms with Gasteiger partial charge in [0.2, 0.25) is 5.91 Å². The molecule has 0 bridgehead atoms. The molecule has 0 saturated heterocycles. The molecule has 5 heteroatoms. The van der Waals surface area contributed by atoms with Crippen molar-refractivity contribution < 1.29 is 9.21 Å². The lowest BCUT2D eigenvalue weighted by Crippen LogP contribution is -2.37. The van der Waals surface area contributed by atoms with E-state index in [2.05, 4.69) is 10.3 Å². The molecule has 1 fully saturated rings. The number of hydrogen-bond acceptors (Lipinski definition) is 4. The molecule has 94 valence electrons. The van der Waals surface area contributed by atoms with Crippen molar-refractivity contribution in [2.75, 3.05) is 5.32 Å². The van der Waals surface area contributed by atoms with Gasteiger partial charge < -0.3 is 15.5 Å². The Kier molecular flexibility index (Phi) is 2.38. The van der Waals surface area contributed by atoms with Crippen molar-refractivity contribution in [1.82, 2.24) is 4.98 Å². The fourth-order valence-electron chi connectivity index (χ4n) is 1.82. The Hall–Kier alpha value is -1.88. The van der Waals surface area contributed by atoms with Gasteiger partial charge in [-0.05, 0) is 31.0 Å². The first-order chi connectivity index (χ1) is 8.60. The Balaban J connectivity index is 1.86. The topological polar surface area (TPSA) is 81.2 Å². The van der Waals surface area contributed by atoms with Crippen molar-refractivity contribution in [2.45, 2.75) is 31.7 Å². The van der Waals surface area contributed by atoms with E-state index in [1.165, 1.54) is 0 Å². The third-order valence-electron chi connectivity index (χ3n) is 3.23. The van der Waals surface area contributed by atoms with Crippen molar-refractivity contribution in [3.63, 3.8) is 0 Å². The van der Waals surface area contributed by atoms with Gasteiger partial charge >= 0.3 is 0 Å². The summed E-state index contributed by atoms with van der Waals surface area (Å²) in [6.07, 6.45) is 2.26. The zero-order chi connectivity index (χ0) is 12.8. The number of nitrogens with two attached hydrogens (primary N) is 1. The average molecular weight is 245 g/mol. The second kappa shape index (κ2) is 3.81. The number of rotatable bonds is 3. The molecule has 0 spiro atoms. The molecular weight excluding hydrogens is 230 g/mol. The van der Waals surface area contributed by atoms with Crippen LogP contribution in [0.4, 0.5) is 5.69 Å². The number of benzene rings is 1. The van der Waals surface area contributed by atoms with E-state index in [1.807, 2.05) is 19.1 Å². The zero-order valence-corrected chi connectivity index (χ0v) is 10.2. The second-order valence-electron chi connectivity index (χ2n) is 4.75. The number of carbonyl (C=O) groups excluding carboxylic acids is 1. The van der Waals surface area contributed by atoms with E-state index in [0.717, 1.165) is 30.4 Å². The molecule has 0 atom stereocenters. The van der Waals surface area contributed by atoms with E-state index < -0.39 is 5.54 Å². The molecular formula is C13H15N3O2. The molecule has 1 heterocycles.